The lowest BCUT2D eigenvalue weighted by Gasteiger charge is -2.29. The SMILES string of the molecule is COc1cc(OCC(O)CN2CCCCC2)cc(-c2ccc(N3CCOCC3)cc2)c1. The fourth-order valence-corrected chi connectivity index (χ4v) is 4.31. The number of hydrogen-bond donors (Lipinski definition) is 1. The first-order valence-corrected chi connectivity index (χ1v) is 11.4. The van der Waals surface area contributed by atoms with E-state index in [1.165, 1.54) is 24.9 Å². The van der Waals surface area contributed by atoms with Gasteiger partial charge in [-0.25, -0.2) is 0 Å². The lowest BCUT2D eigenvalue weighted by atomic mass is 10.0. The number of aliphatic hydroxyl groups is 1. The van der Waals surface area contributed by atoms with Gasteiger partial charge in [0.1, 0.15) is 24.2 Å². The second kappa shape index (κ2) is 10.8. The third kappa shape index (κ3) is 6.12. The van der Waals surface area contributed by atoms with Crippen LogP contribution in [0.1, 0.15) is 19.3 Å². The molecule has 2 aromatic carbocycles. The molecule has 0 bridgehead atoms. The monoisotopic (exact) mass is 426 g/mol. The van der Waals surface area contributed by atoms with Crippen molar-refractivity contribution in [2.24, 2.45) is 0 Å². The van der Waals surface area contributed by atoms with Crippen LogP contribution in [0.5, 0.6) is 11.5 Å². The Hall–Kier alpha value is -2.28. The van der Waals surface area contributed by atoms with Crippen molar-refractivity contribution in [3.8, 4) is 22.6 Å². The predicted molar refractivity (Wildman–Crippen MR) is 123 cm³/mol. The zero-order valence-electron chi connectivity index (χ0n) is 18.5. The van der Waals surface area contributed by atoms with E-state index in [4.69, 9.17) is 14.2 Å². The van der Waals surface area contributed by atoms with Crippen LogP contribution in [-0.4, -0.2) is 75.8 Å². The minimum Gasteiger partial charge on any atom is -0.497 e. The van der Waals surface area contributed by atoms with Gasteiger partial charge in [0.25, 0.3) is 0 Å². The van der Waals surface area contributed by atoms with Crippen molar-refractivity contribution in [2.75, 3.05) is 64.6 Å². The van der Waals surface area contributed by atoms with Crippen LogP contribution in [0, 0.1) is 0 Å². The van der Waals surface area contributed by atoms with Crippen molar-refractivity contribution < 1.29 is 19.3 Å². The minimum absolute atomic E-state index is 0.277. The van der Waals surface area contributed by atoms with Crippen molar-refractivity contribution in [3.05, 3.63) is 42.5 Å². The molecule has 4 rings (SSSR count). The number of piperidine rings is 1. The van der Waals surface area contributed by atoms with Gasteiger partial charge in [-0.3, -0.25) is 0 Å². The van der Waals surface area contributed by atoms with Crippen molar-refractivity contribution >= 4 is 5.69 Å². The van der Waals surface area contributed by atoms with Gasteiger partial charge in [0.2, 0.25) is 0 Å². The van der Waals surface area contributed by atoms with Crippen LogP contribution < -0.4 is 14.4 Å². The van der Waals surface area contributed by atoms with E-state index < -0.39 is 6.10 Å². The van der Waals surface area contributed by atoms with Gasteiger partial charge in [-0.05, 0) is 61.3 Å². The maximum absolute atomic E-state index is 10.4. The number of morpholine rings is 1. The summed E-state index contributed by atoms with van der Waals surface area (Å²) >= 11 is 0. The number of ether oxygens (including phenoxy) is 3. The average Bonchev–Trinajstić information content (AvgIpc) is 2.84. The van der Waals surface area contributed by atoms with Crippen LogP contribution in [0.25, 0.3) is 11.1 Å². The molecule has 1 N–H and O–H groups in total. The molecule has 2 aliphatic rings. The summed E-state index contributed by atoms with van der Waals surface area (Å²) in [5, 5.41) is 10.4. The van der Waals surface area contributed by atoms with Crippen LogP contribution >= 0.6 is 0 Å². The van der Waals surface area contributed by atoms with Crippen LogP contribution in [0.4, 0.5) is 5.69 Å². The molecular weight excluding hydrogens is 392 g/mol. The largest absolute Gasteiger partial charge is 0.497 e. The van der Waals surface area contributed by atoms with Gasteiger partial charge in [-0.1, -0.05) is 18.6 Å². The van der Waals surface area contributed by atoms with Crippen LogP contribution in [0.15, 0.2) is 42.5 Å². The third-order valence-electron chi connectivity index (χ3n) is 6.05. The van der Waals surface area contributed by atoms with Crippen molar-refractivity contribution in [3.63, 3.8) is 0 Å². The Morgan fingerprint density at radius 1 is 0.903 bits per heavy atom. The topological polar surface area (TPSA) is 54.4 Å². The maximum atomic E-state index is 10.4. The summed E-state index contributed by atoms with van der Waals surface area (Å²) in [6.45, 7) is 6.50. The number of benzene rings is 2. The molecule has 0 saturated carbocycles. The summed E-state index contributed by atoms with van der Waals surface area (Å²) in [6.07, 6.45) is 3.23. The highest BCUT2D eigenvalue weighted by Gasteiger charge is 2.16. The molecule has 0 aromatic heterocycles. The molecule has 1 atom stereocenters. The number of anilines is 1. The quantitative estimate of drug-likeness (QED) is 0.698. The Bertz CT molecular complexity index is 815. The number of rotatable bonds is 8. The summed E-state index contributed by atoms with van der Waals surface area (Å²) in [6, 6.07) is 14.5. The van der Waals surface area contributed by atoms with E-state index in [-0.39, 0.29) is 6.61 Å². The molecule has 0 aliphatic carbocycles. The van der Waals surface area contributed by atoms with Crippen molar-refractivity contribution in [2.45, 2.75) is 25.4 Å². The van der Waals surface area contributed by atoms with Crippen molar-refractivity contribution in [1.29, 1.82) is 0 Å². The highest BCUT2D eigenvalue weighted by atomic mass is 16.5. The molecule has 2 aliphatic heterocycles. The number of methoxy groups -OCH3 is 1. The summed E-state index contributed by atoms with van der Waals surface area (Å²) < 4.78 is 16.9. The molecular formula is C25H34N2O4. The van der Waals surface area contributed by atoms with E-state index in [1.807, 2.05) is 18.2 Å². The Balaban J connectivity index is 1.40. The average molecular weight is 427 g/mol. The van der Waals surface area contributed by atoms with Gasteiger partial charge in [0, 0.05) is 31.4 Å². The van der Waals surface area contributed by atoms with Crippen LogP contribution in [0.2, 0.25) is 0 Å². The molecule has 2 saturated heterocycles. The van der Waals surface area contributed by atoms with Gasteiger partial charge in [0.05, 0.1) is 20.3 Å². The molecule has 2 heterocycles. The molecule has 31 heavy (non-hydrogen) atoms. The zero-order valence-corrected chi connectivity index (χ0v) is 18.5. The summed E-state index contributed by atoms with van der Waals surface area (Å²) in [4.78, 5) is 4.67. The molecule has 2 aromatic rings. The Labute approximate surface area is 185 Å². The van der Waals surface area contributed by atoms with Crippen LogP contribution in [-0.2, 0) is 4.74 Å². The lowest BCUT2D eigenvalue weighted by molar-refractivity contribution is 0.0616. The summed E-state index contributed by atoms with van der Waals surface area (Å²) in [5.74, 6) is 1.46. The van der Waals surface area contributed by atoms with E-state index in [0.29, 0.717) is 12.3 Å². The highest BCUT2D eigenvalue weighted by molar-refractivity contribution is 5.69. The molecule has 2 fully saturated rings. The van der Waals surface area contributed by atoms with E-state index in [1.54, 1.807) is 7.11 Å². The number of aliphatic hydroxyl groups excluding tert-OH is 1. The molecule has 168 valence electrons. The minimum atomic E-state index is -0.499. The van der Waals surface area contributed by atoms with Gasteiger partial charge in [-0.2, -0.15) is 0 Å². The van der Waals surface area contributed by atoms with E-state index >= 15 is 0 Å². The van der Waals surface area contributed by atoms with Gasteiger partial charge >= 0.3 is 0 Å². The molecule has 0 amide bonds. The van der Waals surface area contributed by atoms with E-state index in [0.717, 1.165) is 56.3 Å². The first-order valence-electron chi connectivity index (χ1n) is 11.4. The third-order valence-corrected chi connectivity index (χ3v) is 6.05. The lowest BCUT2D eigenvalue weighted by Crippen LogP contribution is -2.38. The molecule has 0 spiro atoms. The number of likely N-dealkylation sites (tertiary alicyclic amines) is 1. The standard InChI is InChI=1S/C25H34N2O4/c1-29-24-15-21(20-5-7-22(8-6-20)27-11-13-30-14-12-27)16-25(17-24)31-19-23(28)18-26-9-3-2-4-10-26/h5-8,15-17,23,28H,2-4,9-14,18-19H2,1H3. The molecule has 6 nitrogen and oxygen atoms in total. The Kier molecular flexibility index (Phi) is 7.67. The second-order valence-corrected chi connectivity index (χ2v) is 8.37. The summed E-state index contributed by atoms with van der Waals surface area (Å²) in [5.41, 5.74) is 3.36. The van der Waals surface area contributed by atoms with Gasteiger partial charge in [0.15, 0.2) is 0 Å². The second-order valence-electron chi connectivity index (χ2n) is 8.37. The molecule has 6 heteroatoms. The van der Waals surface area contributed by atoms with E-state index in [2.05, 4.69) is 34.1 Å². The number of β-amino-alcohol motifs (C(OH)–C–C–N with tert-alkyl or cyclic N) is 1. The molecule has 1 unspecified atom stereocenters. The maximum Gasteiger partial charge on any atom is 0.123 e. The Morgan fingerprint density at radius 2 is 1.61 bits per heavy atom. The fraction of sp³-hybridized carbons (Fsp3) is 0.520. The zero-order chi connectivity index (χ0) is 21.5. The fourth-order valence-electron chi connectivity index (χ4n) is 4.31. The van der Waals surface area contributed by atoms with Crippen LogP contribution in [0.3, 0.4) is 0 Å². The Morgan fingerprint density at radius 3 is 2.32 bits per heavy atom. The molecule has 0 radical (unpaired) electrons. The summed E-state index contributed by atoms with van der Waals surface area (Å²) in [7, 11) is 1.66. The smallest absolute Gasteiger partial charge is 0.123 e. The normalized spacial score (nSPS) is 18.6. The first-order chi connectivity index (χ1) is 15.2. The first kappa shape index (κ1) is 21.9. The van der Waals surface area contributed by atoms with Gasteiger partial charge in [-0.15, -0.1) is 0 Å². The predicted octanol–water partition coefficient (Wildman–Crippen LogP) is 3.42. The van der Waals surface area contributed by atoms with Crippen molar-refractivity contribution in [1.82, 2.24) is 4.90 Å². The number of nitrogens with zero attached hydrogens (tertiary/aromatic N) is 2. The number of hydrogen-bond acceptors (Lipinski definition) is 6. The van der Waals surface area contributed by atoms with Gasteiger partial charge < -0.3 is 29.1 Å². The highest BCUT2D eigenvalue weighted by Crippen LogP contribution is 2.31. The van der Waals surface area contributed by atoms with E-state index in [9.17, 15) is 5.11 Å².